The van der Waals surface area contributed by atoms with E-state index in [4.69, 9.17) is 0 Å². The van der Waals surface area contributed by atoms with Crippen LogP contribution in [0.25, 0.3) is 0 Å². The lowest BCUT2D eigenvalue weighted by Crippen LogP contribution is -2.74. The van der Waals surface area contributed by atoms with Gasteiger partial charge >= 0.3 is 6.18 Å². The maximum Gasteiger partial charge on any atom is 0.416 e. The second-order valence-corrected chi connectivity index (χ2v) is 8.72. The molecule has 0 bridgehead atoms. The second kappa shape index (κ2) is 8.35. The van der Waals surface area contributed by atoms with Gasteiger partial charge in [0.25, 0.3) is 0 Å². The Bertz CT molecular complexity index is 1080. The quantitative estimate of drug-likeness (QED) is 0.401. The Balaban J connectivity index is 2.08. The Kier molecular flexibility index (Phi) is 5.72. The van der Waals surface area contributed by atoms with Gasteiger partial charge in [-0.25, -0.2) is 0 Å². The second-order valence-electron chi connectivity index (χ2n) is 8.72. The van der Waals surface area contributed by atoms with E-state index < -0.39 is 17.9 Å². The number of rotatable bonds is 4. The molecule has 0 spiro atoms. The van der Waals surface area contributed by atoms with E-state index in [2.05, 4.69) is 72.8 Å². The molecule has 0 amide bonds. The van der Waals surface area contributed by atoms with Crippen LogP contribution in [0.1, 0.15) is 22.3 Å². The highest BCUT2D eigenvalue weighted by molar-refractivity contribution is 7.19. The third-order valence-corrected chi connectivity index (χ3v) is 6.47. The van der Waals surface area contributed by atoms with Crippen LogP contribution < -0.4 is 21.9 Å². The van der Waals surface area contributed by atoms with Gasteiger partial charge in [-0.3, -0.25) is 0 Å². The summed E-state index contributed by atoms with van der Waals surface area (Å²) in [5.74, 6) is 0. The summed E-state index contributed by atoms with van der Waals surface area (Å²) in [5.41, 5.74) is 6.85. The molecule has 32 heavy (non-hydrogen) atoms. The highest BCUT2D eigenvalue weighted by Gasteiger charge is 2.34. The first kappa shape index (κ1) is 21.9. The topological polar surface area (TPSA) is 0 Å². The lowest BCUT2D eigenvalue weighted by atomic mass is 9.13. The molecule has 0 saturated heterocycles. The van der Waals surface area contributed by atoms with Crippen molar-refractivity contribution in [1.29, 1.82) is 0 Å². The first-order valence-corrected chi connectivity index (χ1v) is 10.8. The molecule has 4 aromatic carbocycles. The lowest BCUT2D eigenvalue weighted by Gasteiger charge is -2.44. The minimum Gasteiger partial charge on any atom is -0.195 e. The predicted octanol–water partition coefficient (Wildman–Crippen LogP) is 5.01. The van der Waals surface area contributed by atoms with Crippen molar-refractivity contribution in [3.63, 3.8) is 0 Å². The summed E-state index contributed by atoms with van der Waals surface area (Å²) >= 11 is 0. The summed E-state index contributed by atoms with van der Waals surface area (Å²) in [7, 11) is 0. The average Bonchev–Trinajstić information content (AvgIpc) is 2.77. The van der Waals surface area contributed by atoms with E-state index in [1.165, 1.54) is 12.1 Å². The summed E-state index contributed by atoms with van der Waals surface area (Å²) in [6.07, 6.45) is -6.05. The monoisotopic (exact) mass is 429 g/mol. The third-order valence-electron chi connectivity index (χ3n) is 6.47. The molecule has 0 fully saturated rings. The van der Waals surface area contributed by atoms with Crippen LogP contribution in [0.3, 0.4) is 0 Å². The smallest absolute Gasteiger partial charge is 0.195 e. The molecule has 0 heterocycles. The number of alkyl halides is 3. The number of hydrogen-bond acceptors (Lipinski definition) is 0. The van der Waals surface area contributed by atoms with Crippen molar-refractivity contribution in [2.75, 3.05) is 0 Å². The fraction of sp³-hybridized carbons (Fsp3) is 0.143. The van der Waals surface area contributed by atoms with Crippen molar-refractivity contribution < 1.29 is 13.2 Å². The minimum absolute atomic E-state index is 0.636. The lowest BCUT2D eigenvalue weighted by molar-refractivity contribution is -0.137. The minimum atomic E-state index is -4.37. The van der Waals surface area contributed by atoms with Gasteiger partial charge in [0.05, 0.1) is 5.56 Å². The molecular weight excluding hydrogens is 404 g/mol. The van der Waals surface area contributed by atoms with Gasteiger partial charge in [0, 0.05) is 0 Å². The van der Waals surface area contributed by atoms with Crippen molar-refractivity contribution >= 4 is 28.0 Å². The number of hydrogen-bond donors (Lipinski definition) is 0. The molecule has 4 heteroatoms. The van der Waals surface area contributed by atoms with Crippen LogP contribution in [0.5, 0.6) is 0 Å². The van der Waals surface area contributed by atoms with Gasteiger partial charge in [0.1, 0.15) is 6.15 Å². The molecule has 162 valence electrons. The van der Waals surface area contributed by atoms with Gasteiger partial charge in [-0.1, -0.05) is 114 Å². The van der Waals surface area contributed by atoms with E-state index in [0.29, 0.717) is 0 Å². The number of halogens is 3. The molecule has 0 nitrogen and oxygen atoms in total. The summed E-state index contributed by atoms with van der Waals surface area (Å²) < 4.78 is 40.0. The Labute approximate surface area is 187 Å². The van der Waals surface area contributed by atoms with Gasteiger partial charge in [0.15, 0.2) is 0 Å². The van der Waals surface area contributed by atoms with Crippen molar-refractivity contribution in [3.8, 4) is 0 Å². The number of benzene rings is 4. The van der Waals surface area contributed by atoms with Gasteiger partial charge in [-0.2, -0.15) is 35.0 Å². The first-order chi connectivity index (χ1) is 15.2. The van der Waals surface area contributed by atoms with Crippen molar-refractivity contribution in [2.24, 2.45) is 0 Å². The van der Waals surface area contributed by atoms with Crippen LogP contribution >= 0.6 is 0 Å². The Morgan fingerprint density at radius 1 is 0.438 bits per heavy atom. The van der Waals surface area contributed by atoms with Crippen LogP contribution in [-0.2, 0) is 6.18 Å². The zero-order valence-electron chi connectivity index (χ0n) is 18.4. The van der Waals surface area contributed by atoms with Gasteiger partial charge < -0.3 is 0 Å². The fourth-order valence-corrected chi connectivity index (χ4v) is 4.68. The zero-order chi connectivity index (χ0) is 22.9. The molecule has 0 aliphatic heterocycles. The molecule has 0 atom stereocenters. The third kappa shape index (κ3) is 3.98. The highest BCUT2D eigenvalue weighted by atomic mass is 19.4. The fourth-order valence-electron chi connectivity index (χ4n) is 4.68. The molecule has 0 saturated carbocycles. The standard InChI is InChI=1S/C28H25BF3/c1-20-4-12-24(13-5-20)29(25-14-6-21(2)7-15-25,26-16-8-22(3)9-17-26)27-18-10-23(11-19-27)28(30,31)32/h4-19H,1-3H3/q-1. The van der Waals surface area contributed by atoms with Crippen molar-refractivity contribution in [3.05, 3.63) is 119 Å². The summed E-state index contributed by atoms with van der Waals surface area (Å²) in [6, 6.07) is 30.7. The maximum absolute atomic E-state index is 13.3. The van der Waals surface area contributed by atoms with E-state index in [1.54, 1.807) is 12.1 Å². The summed E-state index contributed by atoms with van der Waals surface area (Å²) in [4.78, 5) is 0. The van der Waals surface area contributed by atoms with E-state index in [1.807, 2.05) is 20.8 Å². The Morgan fingerprint density at radius 3 is 0.938 bits per heavy atom. The van der Waals surface area contributed by atoms with Crippen LogP contribution in [0.2, 0.25) is 0 Å². The SMILES string of the molecule is Cc1ccc([B-](c2ccc(C)cc2)(c2ccc(C)cc2)c2ccc(C(F)(F)F)cc2)cc1. The maximum atomic E-state index is 13.3. The van der Waals surface area contributed by atoms with Crippen LogP contribution in [0, 0.1) is 20.8 Å². The predicted molar refractivity (Wildman–Crippen MR) is 129 cm³/mol. The highest BCUT2D eigenvalue weighted by Crippen LogP contribution is 2.28. The normalized spacial score (nSPS) is 12.1. The molecule has 0 aliphatic rings. The largest absolute Gasteiger partial charge is 0.416 e. The molecule has 4 rings (SSSR count). The molecule has 0 radical (unpaired) electrons. The van der Waals surface area contributed by atoms with Crippen LogP contribution in [0.15, 0.2) is 97.1 Å². The summed E-state index contributed by atoms with van der Waals surface area (Å²) in [5, 5.41) is 0. The van der Waals surface area contributed by atoms with E-state index in [-0.39, 0.29) is 0 Å². The van der Waals surface area contributed by atoms with Crippen molar-refractivity contribution in [2.45, 2.75) is 26.9 Å². The molecule has 0 aromatic heterocycles. The van der Waals surface area contributed by atoms with Gasteiger partial charge in [-0.05, 0) is 20.8 Å². The van der Waals surface area contributed by atoms with Crippen LogP contribution in [-0.4, -0.2) is 6.15 Å². The Morgan fingerprint density at radius 2 is 0.688 bits per heavy atom. The number of aryl methyl sites for hydroxylation is 3. The molecule has 0 unspecified atom stereocenters. The average molecular weight is 429 g/mol. The van der Waals surface area contributed by atoms with E-state index in [9.17, 15) is 13.2 Å². The molecule has 0 aliphatic carbocycles. The molecule has 4 aromatic rings. The Hall–Kier alpha value is -3.27. The van der Waals surface area contributed by atoms with Crippen LogP contribution in [0.4, 0.5) is 13.2 Å². The summed E-state index contributed by atoms with van der Waals surface area (Å²) in [6.45, 7) is 6.11. The van der Waals surface area contributed by atoms with Gasteiger partial charge in [0.2, 0.25) is 0 Å². The van der Waals surface area contributed by atoms with E-state index in [0.717, 1.165) is 38.5 Å². The molecule has 0 N–H and O–H groups in total. The van der Waals surface area contributed by atoms with E-state index >= 15 is 0 Å². The molecular formula is C28H25BF3-. The van der Waals surface area contributed by atoms with Gasteiger partial charge in [-0.15, -0.1) is 0 Å². The zero-order valence-corrected chi connectivity index (χ0v) is 18.4. The first-order valence-electron chi connectivity index (χ1n) is 10.8. The van der Waals surface area contributed by atoms with Crippen molar-refractivity contribution in [1.82, 2.24) is 0 Å².